The Labute approximate surface area is 142 Å². The second-order valence-corrected chi connectivity index (χ2v) is 6.55. The van der Waals surface area contributed by atoms with Crippen molar-refractivity contribution >= 4 is 17.5 Å². The van der Waals surface area contributed by atoms with Gasteiger partial charge in [0.1, 0.15) is 0 Å². The highest BCUT2D eigenvalue weighted by atomic mass is 16.5. The number of carbonyl (C=O) groups is 2. The third kappa shape index (κ3) is 3.94. The van der Waals surface area contributed by atoms with Gasteiger partial charge in [0.25, 0.3) is 0 Å². The van der Waals surface area contributed by atoms with Gasteiger partial charge in [-0.1, -0.05) is 19.1 Å². The van der Waals surface area contributed by atoms with Crippen molar-refractivity contribution in [1.82, 2.24) is 10.2 Å². The van der Waals surface area contributed by atoms with Crippen molar-refractivity contribution in [3.63, 3.8) is 0 Å². The molecule has 1 spiro atoms. The molecule has 2 amide bonds. The van der Waals surface area contributed by atoms with Crippen LogP contribution < -0.4 is 10.6 Å². The van der Waals surface area contributed by atoms with Gasteiger partial charge in [-0.15, -0.1) is 0 Å². The van der Waals surface area contributed by atoms with Gasteiger partial charge in [0.2, 0.25) is 11.8 Å². The van der Waals surface area contributed by atoms with Crippen molar-refractivity contribution in [2.45, 2.75) is 38.2 Å². The van der Waals surface area contributed by atoms with Crippen LogP contribution >= 0.6 is 0 Å². The van der Waals surface area contributed by atoms with E-state index in [-0.39, 0.29) is 17.4 Å². The Hall–Kier alpha value is -1.92. The molecule has 2 heterocycles. The lowest BCUT2D eigenvalue weighted by Gasteiger charge is -2.37. The van der Waals surface area contributed by atoms with E-state index in [1.165, 1.54) is 0 Å². The first-order valence-corrected chi connectivity index (χ1v) is 8.61. The average Bonchev–Trinajstić information content (AvgIpc) is 3.03. The minimum absolute atomic E-state index is 0.0132. The molecule has 6 heteroatoms. The van der Waals surface area contributed by atoms with Crippen LogP contribution in [0.15, 0.2) is 24.3 Å². The van der Waals surface area contributed by atoms with E-state index in [9.17, 15) is 9.59 Å². The number of rotatable bonds is 5. The zero-order chi connectivity index (χ0) is 17.0. The summed E-state index contributed by atoms with van der Waals surface area (Å²) in [5.74, 6) is 0.191. The molecule has 0 aliphatic carbocycles. The fraction of sp³-hybridized carbons (Fsp3) is 0.556. The number of nitrogens with zero attached hydrogens (tertiary/aromatic N) is 1. The van der Waals surface area contributed by atoms with Gasteiger partial charge in [-0.3, -0.25) is 14.9 Å². The van der Waals surface area contributed by atoms with Gasteiger partial charge in [0, 0.05) is 31.7 Å². The van der Waals surface area contributed by atoms with E-state index < -0.39 is 0 Å². The first kappa shape index (κ1) is 16.9. The number of benzene rings is 1. The molecule has 6 nitrogen and oxygen atoms in total. The quantitative estimate of drug-likeness (QED) is 0.858. The third-order valence-electron chi connectivity index (χ3n) is 4.82. The van der Waals surface area contributed by atoms with Crippen LogP contribution in [0.5, 0.6) is 0 Å². The largest absolute Gasteiger partial charge is 0.358 e. The highest BCUT2D eigenvalue weighted by Gasteiger charge is 2.42. The van der Waals surface area contributed by atoms with Crippen molar-refractivity contribution in [3.8, 4) is 0 Å². The summed E-state index contributed by atoms with van der Waals surface area (Å²) < 4.78 is 5.72. The Kier molecular flexibility index (Phi) is 5.16. The Morgan fingerprint density at radius 3 is 2.79 bits per heavy atom. The number of hydrogen-bond donors (Lipinski definition) is 2. The Morgan fingerprint density at radius 2 is 2.17 bits per heavy atom. The number of nitrogens with one attached hydrogen (secondary N) is 2. The summed E-state index contributed by atoms with van der Waals surface area (Å²) >= 11 is 0. The van der Waals surface area contributed by atoms with Crippen LogP contribution in [0.3, 0.4) is 0 Å². The first-order valence-electron chi connectivity index (χ1n) is 8.61. The van der Waals surface area contributed by atoms with Crippen LogP contribution in [0.2, 0.25) is 0 Å². The predicted molar refractivity (Wildman–Crippen MR) is 91.6 cm³/mol. The molecule has 2 aliphatic rings. The number of carbonyl (C=O) groups excluding carboxylic acids is 2. The minimum Gasteiger partial charge on any atom is -0.358 e. The molecule has 2 saturated heterocycles. The molecule has 24 heavy (non-hydrogen) atoms. The molecule has 0 saturated carbocycles. The molecule has 2 aliphatic heterocycles. The van der Waals surface area contributed by atoms with E-state index in [0.29, 0.717) is 19.6 Å². The van der Waals surface area contributed by atoms with Crippen LogP contribution in [0.1, 0.15) is 31.7 Å². The summed E-state index contributed by atoms with van der Waals surface area (Å²) in [6.07, 6.45) is 2.66. The molecule has 1 aromatic carbocycles. The fourth-order valence-electron chi connectivity index (χ4n) is 3.25. The number of piperidine rings is 1. The summed E-state index contributed by atoms with van der Waals surface area (Å²) in [6.45, 7) is 4.63. The molecule has 3 rings (SSSR count). The van der Waals surface area contributed by atoms with Crippen molar-refractivity contribution in [3.05, 3.63) is 29.8 Å². The zero-order valence-electron chi connectivity index (χ0n) is 14.1. The van der Waals surface area contributed by atoms with E-state index in [1.807, 2.05) is 36.1 Å². The molecule has 2 fully saturated rings. The zero-order valence-corrected chi connectivity index (χ0v) is 14.1. The highest BCUT2D eigenvalue weighted by molar-refractivity contribution is 5.90. The minimum atomic E-state index is -0.271. The fourth-order valence-corrected chi connectivity index (χ4v) is 3.25. The van der Waals surface area contributed by atoms with Gasteiger partial charge >= 0.3 is 0 Å². The van der Waals surface area contributed by atoms with Crippen molar-refractivity contribution in [2.75, 3.05) is 31.7 Å². The first-order chi connectivity index (χ1) is 11.6. The number of ether oxygens (including phenoxy) is 1. The van der Waals surface area contributed by atoms with Crippen LogP contribution in [0.25, 0.3) is 0 Å². The van der Waals surface area contributed by atoms with Gasteiger partial charge in [0.15, 0.2) is 0 Å². The van der Waals surface area contributed by atoms with Crippen molar-refractivity contribution < 1.29 is 14.3 Å². The number of likely N-dealkylation sites (tertiary alicyclic amines) is 1. The molecule has 1 aromatic rings. The maximum atomic E-state index is 12.4. The van der Waals surface area contributed by atoms with Crippen molar-refractivity contribution in [2.24, 2.45) is 0 Å². The summed E-state index contributed by atoms with van der Waals surface area (Å²) in [4.78, 5) is 25.7. The van der Waals surface area contributed by atoms with E-state index in [1.54, 1.807) is 0 Å². The van der Waals surface area contributed by atoms with E-state index in [4.69, 9.17) is 4.74 Å². The summed E-state index contributed by atoms with van der Waals surface area (Å²) in [7, 11) is 0. The standard InChI is InChI=1S/C18H25N3O3/c1-2-16(22)20-15-5-3-14(4-6-15)7-9-21-10-8-18(11-17(21)23)12-19-13-24-18/h3-6,19H,2,7-13H2,1H3,(H,20,22). The smallest absolute Gasteiger partial charge is 0.225 e. The van der Waals surface area contributed by atoms with Gasteiger partial charge in [0.05, 0.1) is 18.8 Å². The Morgan fingerprint density at radius 1 is 1.38 bits per heavy atom. The lowest BCUT2D eigenvalue weighted by molar-refractivity contribution is -0.143. The van der Waals surface area contributed by atoms with E-state index >= 15 is 0 Å². The van der Waals surface area contributed by atoms with Gasteiger partial charge < -0.3 is 15.0 Å². The van der Waals surface area contributed by atoms with Crippen molar-refractivity contribution in [1.29, 1.82) is 0 Å². The topological polar surface area (TPSA) is 70.7 Å². The predicted octanol–water partition coefficient (Wildman–Crippen LogP) is 1.52. The molecular weight excluding hydrogens is 306 g/mol. The third-order valence-corrected chi connectivity index (χ3v) is 4.82. The van der Waals surface area contributed by atoms with Gasteiger partial charge in [-0.05, 0) is 30.5 Å². The molecule has 0 aromatic heterocycles. The molecule has 2 N–H and O–H groups in total. The summed E-state index contributed by atoms with van der Waals surface area (Å²) in [5, 5.41) is 6.01. The van der Waals surface area contributed by atoms with Crippen LogP contribution in [0, 0.1) is 0 Å². The molecule has 1 atom stereocenters. The molecule has 0 radical (unpaired) electrons. The van der Waals surface area contributed by atoms with E-state index in [0.717, 1.165) is 43.7 Å². The molecule has 130 valence electrons. The summed E-state index contributed by atoms with van der Waals surface area (Å²) in [6, 6.07) is 7.83. The monoisotopic (exact) mass is 331 g/mol. The highest BCUT2D eigenvalue weighted by Crippen LogP contribution is 2.29. The molecule has 1 unspecified atom stereocenters. The number of amides is 2. The molecule has 0 bridgehead atoms. The maximum absolute atomic E-state index is 12.4. The SMILES string of the molecule is CCC(=O)Nc1ccc(CCN2CCC3(CNCO3)CC2=O)cc1. The van der Waals surface area contributed by atoms with Gasteiger partial charge in [-0.2, -0.15) is 0 Å². The van der Waals surface area contributed by atoms with E-state index in [2.05, 4.69) is 10.6 Å². The second kappa shape index (κ2) is 7.32. The Bertz CT molecular complexity index is 594. The lowest BCUT2D eigenvalue weighted by Crippen LogP contribution is -2.50. The lowest BCUT2D eigenvalue weighted by atomic mass is 9.91. The summed E-state index contributed by atoms with van der Waals surface area (Å²) in [5.41, 5.74) is 1.70. The van der Waals surface area contributed by atoms with Crippen LogP contribution in [-0.2, 0) is 20.7 Å². The van der Waals surface area contributed by atoms with Gasteiger partial charge in [-0.25, -0.2) is 0 Å². The molecular formula is C18H25N3O3. The number of anilines is 1. The second-order valence-electron chi connectivity index (χ2n) is 6.55. The van der Waals surface area contributed by atoms with Crippen LogP contribution in [-0.4, -0.2) is 48.7 Å². The van der Waals surface area contributed by atoms with Crippen LogP contribution in [0.4, 0.5) is 5.69 Å². The maximum Gasteiger partial charge on any atom is 0.225 e. The number of hydrogen-bond acceptors (Lipinski definition) is 4. The Balaban J connectivity index is 1.49. The average molecular weight is 331 g/mol. The normalized spacial score (nSPS) is 23.7.